The lowest BCUT2D eigenvalue weighted by Crippen LogP contribution is -2.45. The Morgan fingerprint density at radius 1 is 0.686 bits per heavy atom. The molecule has 0 aliphatic heterocycles. The van der Waals surface area contributed by atoms with E-state index in [-0.39, 0.29) is 49.1 Å². The van der Waals surface area contributed by atoms with Gasteiger partial charge in [0.15, 0.2) is 0 Å². The van der Waals surface area contributed by atoms with Crippen molar-refractivity contribution in [3.05, 3.63) is 24.3 Å². The number of nitrogens with one attached hydrogen (secondary N) is 1. The first-order valence-corrected chi connectivity index (χ1v) is 17.5. The van der Waals surface area contributed by atoms with E-state index in [1.54, 1.807) is 27.7 Å². The summed E-state index contributed by atoms with van der Waals surface area (Å²) in [5, 5.41) is 27.9. The van der Waals surface area contributed by atoms with Crippen molar-refractivity contribution in [2.45, 2.75) is 71.8 Å². The van der Waals surface area contributed by atoms with Crippen molar-refractivity contribution in [2.24, 2.45) is 11.8 Å². The molecule has 19 heteroatoms. The number of thioether (sulfide) groups is 2. The van der Waals surface area contributed by atoms with Crippen molar-refractivity contribution in [3.8, 4) is 0 Å². The third-order valence-electron chi connectivity index (χ3n) is 5.45. The van der Waals surface area contributed by atoms with Gasteiger partial charge in [-0.2, -0.15) is 11.8 Å². The Bertz CT molecular complexity index is 1250. The van der Waals surface area contributed by atoms with Gasteiger partial charge in [-0.1, -0.05) is 27.0 Å². The van der Waals surface area contributed by atoms with Gasteiger partial charge >= 0.3 is 47.9 Å². The standard InChI is InChI=1S/C18H29NO8S.C14H20O8S/c1-11(2)15(22)25-7-8-26-16(23)12(3)9-28-10-13(14(20)21)19-17(24)27-18(4,5)6;1-8(2)13(19)21-4-5-22-14(20)9(3)7-23-10(12(17)18)6-11(15)16/h12-13H,1,7-10H2,2-6H3,(H,19,24)(H,20,21);9-10H,1,4-7H2,2-3H3,(H,15,16)(H,17,18). The van der Waals surface area contributed by atoms with Crippen LogP contribution in [-0.4, -0.2) is 124 Å². The molecule has 0 fully saturated rings. The van der Waals surface area contributed by atoms with Crippen LogP contribution in [0.15, 0.2) is 24.3 Å². The summed E-state index contributed by atoms with van der Waals surface area (Å²) < 4.78 is 24.5. The van der Waals surface area contributed by atoms with E-state index in [1.807, 2.05) is 0 Å². The summed E-state index contributed by atoms with van der Waals surface area (Å²) in [4.78, 5) is 90.2. The Morgan fingerprint density at radius 2 is 1.12 bits per heavy atom. The van der Waals surface area contributed by atoms with Gasteiger partial charge in [-0.3, -0.25) is 19.2 Å². The fourth-order valence-corrected chi connectivity index (χ4v) is 4.99. The maximum Gasteiger partial charge on any atom is 0.408 e. The molecule has 4 N–H and O–H groups in total. The topological polar surface area (TPSA) is 255 Å². The zero-order valence-corrected chi connectivity index (χ0v) is 31.5. The van der Waals surface area contributed by atoms with Crippen LogP contribution in [0.2, 0.25) is 0 Å². The zero-order valence-electron chi connectivity index (χ0n) is 29.8. The smallest absolute Gasteiger partial charge is 0.408 e. The monoisotopic (exact) mass is 767 g/mol. The maximum atomic E-state index is 11.9. The normalized spacial score (nSPS) is 12.9. The molecule has 0 heterocycles. The average Bonchev–Trinajstić information content (AvgIpc) is 3.00. The molecule has 0 radical (unpaired) electrons. The molecule has 0 aromatic rings. The number of hydrogen-bond donors (Lipinski definition) is 4. The number of rotatable bonds is 22. The van der Waals surface area contributed by atoms with Gasteiger partial charge in [-0.25, -0.2) is 19.2 Å². The van der Waals surface area contributed by atoms with Crippen LogP contribution in [0.25, 0.3) is 0 Å². The van der Waals surface area contributed by atoms with E-state index in [1.165, 1.54) is 32.5 Å². The first-order valence-electron chi connectivity index (χ1n) is 15.3. The number of esters is 4. The lowest BCUT2D eigenvalue weighted by Gasteiger charge is -2.22. The number of hydrogen-bond acceptors (Lipinski definition) is 15. The van der Waals surface area contributed by atoms with Gasteiger partial charge in [0.25, 0.3) is 0 Å². The Hall–Kier alpha value is -4.26. The molecular weight excluding hydrogens is 718 g/mol. The van der Waals surface area contributed by atoms with Crippen LogP contribution >= 0.6 is 23.5 Å². The molecule has 290 valence electrons. The van der Waals surface area contributed by atoms with Gasteiger partial charge in [0.1, 0.15) is 43.3 Å². The summed E-state index contributed by atoms with van der Waals surface area (Å²) in [6.07, 6.45) is -1.35. The minimum absolute atomic E-state index is 0.0580. The highest BCUT2D eigenvalue weighted by Gasteiger charge is 2.26. The first-order chi connectivity index (χ1) is 23.5. The van der Waals surface area contributed by atoms with E-state index in [4.69, 9.17) is 33.9 Å². The minimum atomic E-state index is -1.25. The molecule has 0 spiro atoms. The van der Waals surface area contributed by atoms with Crippen LogP contribution in [0.1, 0.15) is 54.9 Å². The second-order valence-corrected chi connectivity index (χ2v) is 14.1. The highest BCUT2D eigenvalue weighted by molar-refractivity contribution is 8.00. The van der Waals surface area contributed by atoms with E-state index in [2.05, 4.69) is 18.5 Å². The van der Waals surface area contributed by atoms with Crippen LogP contribution < -0.4 is 5.32 Å². The lowest BCUT2D eigenvalue weighted by molar-refractivity contribution is -0.152. The maximum absolute atomic E-state index is 11.9. The summed E-state index contributed by atoms with van der Waals surface area (Å²) in [5.74, 6) is -6.54. The highest BCUT2D eigenvalue weighted by Crippen LogP contribution is 2.19. The molecule has 1 amide bonds. The van der Waals surface area contributed by atoms with Crippen LogP contribution in [0, 0.1) is 11.8 Å². The van der Waals surface area contributed by atoms with Gasteiger partial charge in [0.05, 0.1) is 18.3 Å². The molecule has 0 aromatic carbocycles. The molecule has 17 nitrogen and oxygen atoms in total. The second kappa shape index (κ2) is 25.7. The molecule has 0 saturated carbocycles. The lowest BCUT2D eigenvalue weighted by atomic mass is 10.2. The van der Waals surface area contributed by atoms with Crippen molar-refractivity contribution in [3.63, 3.8) is 0 Å². The van der Waals surface area contributed by atoms with Gasteiger partial charge in [-0.15, -0.1) is 11.8 Å². The van der Waals surface area contributed by atoms with Crippen molar-refractivity contribution >= 4 is 71.4 Å². The summed E-state index contributed by atoms with van der Waals surface area (Å²) in [6, 6.07) is -1.15. The molecule has 0 saturated heterocycles. The predicted molar refractivity (Wildman–Crippen MR) is 186 cm³/mol. The van der Waals surface area contributed by atoms with Gasteiger partial charge in [0.2, 0.25) is 0 Å². The van der Waals surface area contributed by atoms with E-state index < -0.39 is 83.0 Å². The molecule has 0 aliphatic carbocycles. The zero-order chi connectivity index (χ0) is 39.9. The molecule has 0 aliphatic rings. The number of ether oxygens (including phenoxy) is 5. The predicted octanol–water partition coefficient (Wildman–Crippen LogP) is 2.94. The molecule has 51 heavy (non-hydrogen) atoms. The fourth-order valence-electron chi connectivity index (χ4n) is 2.84. The number of carboxylic acid groups (broad SMARTS) is 3. The van der Waals surface area contributed by atoms with Crippen LogP contribution in [0.3, 0.4) is 0 Å². The summed E-state index contributed by atoms with van der Waals surface area (Å²) >= 11 is 2.05. The number of carbonyl (C=O) groups excluding carboxylic acids is 5. The Morgan fingerprint density at radius 3 is 1.49 bits per heavy atom. The van der Waals surface area contributed by atoms with E-state index in [0.29, 0.717) is 5.75 Å². The number of alkyl carbamates (subject to hydrolysis) is 1. The van der Waals surface area contributed by atoms with E-state index in [9.17, 15) is 43.5 Å². The van der Waals surface area contributed by atoms with E-state index in [0.717, 1.165) is 11.8 Å². The third kappa shape index (κ3) is 26.2. The first kappa shape index (κ1) is 48.9. The fraction of sp³-hybridized carbons (Fsp3) is 0.625. The summed E-state index contributed by atoms with van der Waals surface area (Å²) in [5.41, 5.74) is -0.250. The Labute approximate surface area is 305 Å². The van der Waals surface area contributed by atoms with Gasteiger partial charge < -0.3 is 44.3 Å². The molecule has 0 rings (SSSR count). The Kier molecular flexibility index (Phi) is 24.6. The molecule has 4 atom stereocenters. The Balaban J connectivity index is 0. The highest BCUT2D eigenvalue weighted by atomic mass is 32.2. The molecule has 4 unspecified atom stereocenters. The number of amides is 1. The second-order valence-electron chi connectivity index (χ2n) is 11.8. The van der Waals surface area contributed by atoms with Gasteiger partial charge in [0, 0.05) is 28.4 Å². The van der Waals surface area contributed by atoms with Crippen molar-refractivity contribution < 1.29 is 77.4 Å². The molecule has 0 aromatic heterocycles. The SMILES string of the molecule is C=C(C)C(=O)OCCOC(=O)C(C)CSC(CC(=O)O)C(=O)O.C=C(C)C(=O)OCCOC(=O)C(C)CSCC(NC(=O)OC(C)(C)C)C(=O)O. The van der Waals surface area contributed by atoms with Crippen molar-refractivity contribution in [1.82, 2.24) is 5.32 Å². The largest absolute Gasteiger partial charge is 0.481 e. The minimum Gasteiger partial charge on any atom is -0.481 e. The quantitative estimate of drug-likeness (QED) is 0.0534. The molecule has 0 bridgehead atoms. The number of carboxylic acids is 3. The summed E-state index contributed by atoms with van der Waals surface area (Å²) in [7, 11) is 0. The number of carbonyl (C=O) groups is 8. The van der Waals surface area contributed by atoms with Crippen LogP contribution in [0.4, 0.5) is 4.79 Å². The van der Waals surface area contributed by atoms with Crippen LogP contribution in [-0.2, 0) is 57.2 Å². The van der Waals surface area contributed by atoms with Crippen molar-refractivity contribution in [1.29, 1.82) is 0 Å². The third-order valence-corrected chi connectivity index (χ3v) is 8.22. The van der Waals surface area contributed by atoms with E-state index >= 15 is 0 Å². The van der Waals surface area contributed by atoms with Gasteiger partial charge in [-0.05, 0) is 34.6 Å². The van der Waals surface area contributed by atoms with Crippen LogP contribution in [0.5, 0.6) is 0 Å². The number of aliphatic carboxylic acids is 3. The summed E-state index contributed by atoms with van der Waals surface area (Å²) in [6.45, 7) is 17.6. The average molecular weight is 768 g/mol. The molecular formula is C32H49NO16S2. The van der Waals surface area contributed by atoms with Crippen molar-refractivity contribution in [2.75, 3.05) is 43.7 Å².